The maximum Gasteiger partial charge on any atom is 0.222 e. The normalized spacial score (nSPS) is 10.3. The summed E-state index contributed by atoms with van der Waals surface area (Å²) in [6, 6.07) is 5.91. The second-order valence-corrected chi connectivity index (χ2v) is 4.83. The molecule has 0 aliphatic rings. The predicted octanol–water partition coefficient (Wildman–Crippen LogP) is 3.53. The number of nitrogens with zero attached hydrogens (tertiary/aromatic N) is 2. The van der Waals surface area contributed by atoms with Gasteiger partial charge in [0.15, 0.2) is 5.82 Å². The first-order valence-corrected chi connectivity index (χ1v) is 6.04. The number of hydrogen-bond acceptors (Lipinski definition) is 4. The van der Waals surface area contributed by atoms with Gasteiger partial charge in [0.25, 0.3) is 0 Å². The van der Waals surface area contributed by atoms with Crippen LogP contribution in [0.1, 0.15) is 5.56 Å². The number of benzene rings is 1. The van der Waals surface area contributed by atoms with Gasteiger partial charge in [-0.25, -0.2) is 4.98 Å². The van der Waals surface area contributed by atoms with Gasteiger partial charge in [-0.3, -0.25) is 0 Å². The Balaban J connectivity index is 2.37. The van der Waals surface area contributed by atoms with Gasteiger partial charge in [-0.15, -0.1) is 0 Å². The van der Waals surface area contributed by atoms with E-state index in [0.29, 0.717) is 10.8 Å². The number of aryl methyl sites for hydroxylation is 1. The highest BCUT2D eigenvalue weighted by molar-refractivity contribution is 9.10. The summed E-state index contributed by atoms with van der Waals surface area (Å²) in [4.78, 5) is 7.85. The molecule has 0 bridgehead atoms. The lowest BCUT2D eigenvalue weighted by Crippen LogP contribution is -2.01. The number of halogens is 2. The predicted molar refractivity (Wildman–Crippen MR) is 73.6 cm³/mol. The molecule has 0 amide bonds. The summed E-state index contributed by atoms with van der Waals surface area (Å²) in [6.07, 6.45) is 1.47. The summed E-state index contributed by atoms with van der Waals surface area (Å²) in [5, 5.41) is 3.56. The van der Waals surface area contributed by atoms with Crippen molar-refractivity contribution in [2.24, 2.45) is 0 Å². The van der Waals surface area contributed by atoms with Crippen molar-refractivity contribution >= 4 is 45.0 Å². The fourth-order valence-electron chi connectivity index (χ4n) is 1.32. The average Bonchev–Trinajstić information content (AvgIpc) is 2.28. The lowest BCUT2D eigenvalue weighted by Gasteiger charge is -2.10. The number of aromatic nitrogens is 2. The van der Waals surface area contributed by atoms with E-state index in [2.05, 4.69) is 31.2 Å². The van der Waals surface area contributed by atoms with Crippen molar-refractivity contribution in [3.8, 4) is 0 Å². The van der Waals surface area contributed by atoms with Gasteiger partial charge in [-0.1, -0.05) is 33.6 Å². The minimum absolute atomic E-state index is 0.185. The Morgan fingerprint density at radius 1 is 1.41 bits per heavy atom. The van der Waals surface area contributed by atoms with Gasteiger partial charge >= 0.3 is 0 Å². The van der Waals surface area contributed by atoms with E-state index in [-0.39, 0.29) is 5.95 Å². The number of rotatable bonds is 2. The van der Waals surface area contributed by atoms with E-state index in [1.807, 2.05) is 25.1 Å². The minimum Gasteiger partial charge on any atom is -0.368 e. The van der Waals surface area contributed by atoms with Crippen molar-refractivity contribution < 1.29 is 0 Å². The summed E-state index contributed by atoms with van der Waals surface area (Å²) in [6.45, 7) is 1.99. The van der Waals surface area contributed by atoms with E-state index in [0.717, 1.165) is 15.7 Å². The summed E-state index contributed by atoms with van der Waals surface area (Å²) in [5.74, 6) is 0.685. The number of nitrogen functional groups attached to an aromatic ring is 1. The molecule has 0 aliphatic carbocycles. The zero-order chi connectivity index (χ0) is 12.4. The molecular weight excluding hydrogens is 304 g/mol. The SMILES string of the molecule is Cc1ccc(Br)cc1Nc1nc(N)ncc1Cl. The van der Waals surface area contributed by atoms with Gasteiger partial charge < -0.3 is 11.1 Å². The topological polar surface area (TPSA) is 63.8 Å². The molecule has 1 aromatic carbocycles. The molecule has 1 aromatic heterocycles. The van der Waals surface area contributed by atoms with E-state index in [9.17, 15) is 0 Å². The molecule has 17 heavy (non-hydrogen) atoms. The van der Waals surface area contributed by atoms with Gasteiger partial charge in [0.05, 0.1) is 6.20 Å². The van der Waals surface area contributed by atoms with Gasteiger partial charge in [0.2, 0.25) is 5.95 Å². The Labute approximate surface area is 112 Å². The van der Waals surface area contributed by atoms with Gasteiger partial charge in [-0.2, -0.15) is 4.98 Å². The molecule has 0 radical (unpaired) electrons. The van der Waals surface area contributed by atoms with Crippen LogP contribution < -0.4 is 11.1 Å². The molecule has 0 unspecified atom stereocenters. The first kappa shape index (κ1) is 12.1. The third-order valence-corrected chi connectivity index (χ3v) is 2.99. The number of nitrogens with one attached hydrogen (secondary N) is 1. The van der Waals surface area contributed by atoms with Gasteiger partial charge in [0.1, 0.15) is 5.02 Å². The van der Waals surface area contributed by atoms with Crippen LogP contribution in [-0.2, 0) is 0 Å². The van der Waals surface area contributed by atoms with Gasteiger partial charge in [-0.05, 0) is 24.6 Å². The summed E-state index contributed by atoms with van der Waals surface area (Å²) in [7, 11) is 0. The van der Waals surface area contributed by atoms with Crippen LogP contribution in [0.2, 0.25) is 5.02 Å². The largest absolute Gasteiger partial charge is 0.368 e. The zero-order valence-corrected chi connectivity index (χ0v) is 11.4. The second-order valence-electron chi connectivity index (χ2n) is 3.51. The molecule has 4 nitrogen and oxygen atoms in total. The average molecular weight is 314 g/mol. The number of nitrogens with two attached hydrogens (primary N) is 1. The maximum atomic E-state index is 5.98. The van der Waals surface area contributed by atoms with Crippen molar-refractivity contribution in [2.75, 3.05) is 11.1 Å². The molecule has 1 heterocycles. The third kappa shape index (κ3) is 2.87. The highest BCUT2D eigenvalue weighted by Crippen LogP contribution is 2.27. The Bertz CT molecular complexity index is 510. The van der Waals surface area contributed by atoms with Crippen LogP contribution in [0.25, 0.3) is 0 Å². The van der Waals surface area contributed by atoms with Gasteiger partial charge in [0, 0.05) is 10.2 Å². The maximum absolute atomic E-state index is 5.98. The molecule has 0 spiro atoms. The molecule has 0 fully saturated rings. The Morgan fingerprint density at radius 3 is 2.94 bits per heavy atom. The quantitative estimate of drug-likeness (QED) is 0.890. The van der Waals surface area contributed by atoms with Crippen LogP contribution in [-0.4, -0.2) is 9.97 Å². The fraction of sp³-hybridized carbons (Fsp3) is 0.0909. The highest BCUT2D eigenvalue weighted by Gasteiger charge is 2.06. The van der Waals surface area contributed by atoms with Crippen LogP contribution >= 0.6 is 27.5 Å². The molecule has 0 saturated heterocycles. The first-order valence-electron chi connectivity index (χ1n) is 4.87. The standard InChI is InChI=1S/C11H10BrClN4/c1-6-2-3-7(12)4-9(6)16-10-8(13)5-15-11(14)17-10/h2-5H,1H3,(H3,14,15,16,17). The Morgan fingerprint density at radius 2 is 2.18 bits per heavy atom. The van der Waals surface area contributed by atoms with E-state index in [1.165, 1.54) is 6.20 Å². The van der Waals surface area contributed by atoms with E-state index in [4.69, 9.17) is 17.3 Å². The van der Waals surface area contributed by atoms with Crippen LogP contribution in [0.15, 0.2) is 28.9 Å². The van der Waals surface area contributed by atoms with Crippen LogP contribution in [0.5, 0.6) is 0 Å². The van der Waals surface area contributed by atoms with Crippen LogP contribution in [0.4, 0.5) is 17.5 Å². The molecule has 3 N–H and O–H groups in total. The zero-order valence-electron chi connectivity index (χ0n) is 9.04. The Kier molecular flexibility index (Phi) is 3.49. The molecule has 88 valence electrons. The van der Waals surface area contributed by atoms with Crippen LogP contribution in [0, 0.1) is 6.92 Å². The number of hydrogen-bond donors (Lipinski definition) is 2. The van der Waals surface area contributed by atoms with Crippen molar-refractivity contribution in [3.05, 3.63) is 39.5 Å². The second kappa shape index (κ2) is 4.89. The van der Waals surface area contributed by atoms with Crippen molar-refractivity contribution in [3.63, 3.8) is 0 Å². The minimum atomic E-state index is 0.185. The van der Waals surface area contributed by atoms with Crippen molar-refractivity contribution in [1.29, 1.82) is 0 Å². The fourth-order valence-corrected chi connectivity index (χ4v) is 1.82. The summed E-state index contributed by atoms with van der Waals surface area (Å²) in [5.41, 5.74) is 7.52. The molecule has 0 aliphatic heterocycles. The van der Waals surface area contributed by atoms with E-state index in [1.54, 1.807) is 0 Å². The van der Waals surface area contributed by atoms with Crippen LogP contribution in [0.3, 0.4) is 0 Å². The molecule has 0 atom stereocenters. The molecule has 2 rings (SSSR count). The molecule has 2 aromatic rings. The third-order valence-electron chi connectivity index (χ3n) is 2.22. The Hall–Kier alpha value is -1.33. The van der Waals surface area contributed by atoms with E-state index < -0.39 is 0 Å². The molecule has 6 heteroatoms. The first-order chi connectivity index (χ1) is 8.06. The number of anilines is 3. The van der Waals surface area contributed by atoms with Crippen molar-refractivity contribution in [1.82, 2.24) is 9.97 Å². The summed E-state index contributed by atoms with van der Waals surface area (Å²) >= 11 is 9.40. The lowest BCUT2D eigenvalue weighted by molar-refractivity contribution is 1.18. The summed E-state index contributed by atoms with van der Waals surface area (Å²) < 4.78 is 0.976. The molecular formula is C11H10BrClN4. The van der Waals surface area contributed by atoms with E-state index >= 15 is 0 Å². The lowest BCUT2D eigenvalue weighted by atomic mass is 10.2. The van der Waals surface area contributed by atoms with Crippen molar-refractivity contribution in [2.45, 2.75) is 6.92 Å². The highest BCUT2D eigenvalue weighted by atomic mass is 79.9. The monoisotopic (exact) mass is 312 g/mol. The molecule has 0 saturated carbocycles. The smallest absolute Gasteiger partial charge is 0.222 e.